The zero-order valence-corrected chi connectivity index (χ0v) is 10.5. The maximum Gasteiger partial charge on any atom is 0.254 e. The highest BCUT2D eigenvalue weighted by Crippen LogP contribution is 2.29. The molecule has 92 valence electrons. The third-order valence-corrected chi connectivity index (χ3v) is 3.65. The van der Waals surface area contributed by atoms with Crippen LogP contribution in [0, 0.1) is 5.92 Å². The minimum Gasteiger partial charge on any atom is -0.398 e. The fraction of sp³-hybridized carbons (Fsp3) is 0.462. The van der Waals surface area contributed by atoms with E-state index in [-0.39, 0.29) is 5.91 Å². The van der Waals surface area contributed by atoms with Crippen molar-refractivity contribution >= 4 is 23.2 Å². The molecule has 1 amide bonds. The summed E-state index contributed by atoms with van der Waals surface area (Å²) < 4.78 is 0. The monoisotopic (exact) mass is 252 g/mol. The van der Waals surface area contributed by atoms with Crippen molar-refractivity contribution in [2.24, 2.45) is 5.92 Å². The predicted molar refractivity (Wildman–Crippen MR) is 70.2 cm³/mol. The zero-order chi connectivity index (χ0) is 12.3. The first kappa shape index (κ1) is 12.2. The molecule has 1 saturated carbocycles. The van der Waals surface area contributed by atoms with E-state index in [1.54, 1.807) is 18.2 Å². The number of rotatable bonds is 4. The van der Waals surface area contributed by atoms with Gasteiger partial charge in [-0.2, -0.15) is 0 Å². The summed E-state index contributed by atoms with van der Waals surface area (Å²) in [5.41, 5.74) is 6.57. The fourth-order valence-corrected chi connectivity index (χ4v) is 2.31. The van der Waals surface area contributed by atoms with E-state index in [1.807, 2.05) is 0 Å². The minimum absolute atomic E-state index is 0.174. The van der Waals surface area contributed by atoms with Gasteiger partial charge in [0.15, 0.2) is 0 Å². The van der Waals surface area contributed by atoms with Crippen LogP contribution in [0.2, 0.25) is 5.02 Å². The Morgan fingerprint density at radius 2 is 2.24 bits per heavy atom. The van der Waals surface area contributed by atoms with Gasteiger partial charge in [0.25, 0.3) is 5.91 Å². The van der Waals surface area contributed by atoms with Gasteiger partial charge in [-0.3, -0.25) is 4.79 Å². The normalized spacial score (nSPS) is 15.4. The van der Waals surface area contributed by atoms with E-state index in [0.29, 0.717) is 22.8 Å². The summed E-state index contributed by atoms with van der Waals surface area (Å²) in [6.45, 7) is 0.703. The summed E-state index contributed by atoms with van der Waals surface area (Å²) in [6.07, 6.45) is 4.97. The van der Waals surface area contributed by atoms with E-state index in [0.717, 1.165) is 12.3 Å². The molecule has 2 rings (SSSR count). The van der Waals surface area contributed by atoms with Gasteiger partial charge in [-0.1, -0.05) is 36.9 Å². The van der Waals surface area contributed by atoms with Crippen LogP contribution >= 0.6 is 11.6 Å². The van der Waals surface area contributed by atoms with Crippen molar-refractivity contribution in [1.29, 1.82) is 0 Å². The van der Waals surface area contributed by atoms with E-state index < -0.39 is 0 Å². The lowest BCUT2D eigenvalue weighted by atomic mass is 9.83. The lowest BCUT2D eigenvalue weighted by molar-refractivity contribution is 0.0950. The van der Waals surface area contributed by atoms with Crippen LogP contribution in [0.25, 0.3) is 0 Å². The molecular weight excluding hydrogens is 236 g/mol. The molecule has 0 aromatic heterocycles. The Bertz CT molecular complexity index is 396. The highest BCUT2D eigenvalue weighted by atomic mass is 35.5. The van der Waals surface area contributed by atoms with E-state index in [9.17, 15) is 4.79 Å². The smallest absolute Gasteiger partial charge is 0.254 e. The molecule has 1 aromatic carbocycles. The highest BCUT2D eigenvalue weighted by Gasteiger charge is 2.18. The maximum atomic E-state index is 11.9. The summed E-state index contributed by atoms with van der Waals surface area (Å²) >= 11 is 5.96. The number of carbonyl (C=O) groups excluding carboxylic acids is 1. The summed E-state index contributed by atoms with van der Waals surface area (Å²) in [5, 5.41) is 3.28. The van der Waals surface area contributed by atoms with Crippen LogP contribution in [0.1, 0.15) is 36.0 Å². The summed E-state index contributed by atoms with van der Waals surface area (Å²) in [4.78, 5) is 11.9. The molecule has 17 heavy (non-hydrogen) atoms. The number of hydrogen-bond donors (Lipinski definition) is 2. The summed E-state index contributed by atoms with van der Waals surface area (Å²) in [5.74, 6) is 0.617. The average molecular weight is 253 g/mol. The Hall–Kier alpha value is -1.22. The number of halogens is 1. The fourth-order valence-electron chi connectivity index (χ4n) is 2.04. The molecule has 1 aliphatic rings. The summed E-state index contributed by atoms with van der Waals surface area (Å²) in [7, 11) is 0. The van der Waals surface area contributed by atoms with Crippen molar-refractivity contribution < 1.29 is 4.79 Å². The molecular formula is C13H17ClN2O. The van der Waals surface area contributed by atoms with Crippen LogP contribution in [0.4, 0.5) is 5.69 Å². The quantitative estimate of drug-likeness (QED) is 0.810. The number of benzene rings is 1. The molecule has 0 aliphatic heterocycles. The SMILES string of the molecule is Nc1cccc(Cl)c1C(=O)NCCC1CCC1. The molecule has 0 saturated heterocycles. The van der Waals surface area contributed by atoms with Crippen LogP contribution in [0.15, 0.2) is 18.2 Å². The Labute approximate surface area is 106 Å². The first-order valence-corrected chi connectivity index (χ1v) is 6.38. The van der Waals surface area contributed by atoms with Crippen molar-refractivity contribution in [3.63, 3.8) is 0 Å². The van der Waals surface area contributed by atoms with E-state index in [2.05, 4.69) is 5.32 Å². The van der Waals surface area contributed by atoms with Crippen molar-refractivity contribution in [2.45, 2.75) is 25.7 Å². The lowest BCUT2D eigenvalue weighted by Gasteiger charge is -2.25. The van der Waals surface area contributed by atoms with Crippen LogP contribution in [0.5, 0.6) is 0 Å². The molecule has 4 heteroatoms. The average Bonchev–Trinajstić information content (AvgIpc) is 2.21. The Kier molecular flexibility index (Phi) is 3.89. The number of nitrogens with two attached hydrogens (primary N) is 1. The number of hydrogen-bond acceptors (Lipinski definition) is 2. The van der Waals surface area contributed by atoms with Crippen LogP contribution in [-0.4, -0.2) is 12.5 Å². The van der Waals surface area contributed by atoms with E-state index in [1.165, 1.54) is 19.3 Å². The largest absolute Gasteiger partial charge is 0.398 e. The van der Waals surface area contributed by atoms with Gasteiger partial charge in [-0.25, -0.2) is 0 Å². The molecule has 1 aliphatic carbocycles. The molecule has 0 radical (unpaired) electrons. The van der Waals surface area contributed by atoms with Gasteiger partial charge < -0.3 is 11.1 Å². The maximum absolute atomic E-state index is 11.9. The van der Waals surface area contributed by atoms with Gasteiger partial charge in [0.05, 0.1) is 10.6 Å². The topological polar surface area (TPSA) is 55.1 Å². The second kappa shape index (κ2) is 5.41. The molecule has 0 unspecified atom stereocenters. The Morgan fingerprint density at radius 1 is 1.47 bits per heavy atom. The van der Waals surface area contributed by atoms with Crippen molar-refractivity contribution in [1.82, 2.24) is 5.32 Å². The van der Waals surface area contributed by atoms with E-state index >= 15 is 0 Å². The van der Waals surface area contributed by atoms with Crippen molar-refractivity contribution in [3.05, 3.63) is 28.8 Å². The number of amides is 1. The van der Waals surface area contributed by atoms with Gasteiger partial charge in [0.2, 0.25) is 0 Å². The molecule has 0 heterocycles. The minimum atomic E-state index is -0.174. The van der Waals surface area contributed by atoms with Crippen molar-refractivity contribution in [3.8, 4) is 0 Å². The molecule has 3 nitrogen and oxygen atoms in total. The van der Waals surface area contributed by atoms with E-state index in [4.69, 9.17) is 17.3 Å². The van der Waals surface area contributed by atoms with Gasteiger partial charge in [-0.15, -0.1) is 0 Å². The van der Waals surface area contributed by atoms with Gasteiger partial charge >= 0.3 is 0 Å². The molecule has 3 N–H and O–H groups in total. The number of carbonyl (C=O) groups is 1. The molecule has 0 bridgehead atoms. The van der Waals surface area contributed by atoms with Crippen molar-refractivity contribution in [2.75, 3.05) is 12.3 Å². The van der Waals surface area contributed by atoms with Crippen LogP contribution < -0.4 is 11.1 Å². The van der Waals surface area contributed by atoms with Crippen LogP contribution in [-0.2, 0) is 0 Å². The Morgan fingerprint density at radius 3 is 2.82 bits per heavy atom. The third kappa shape index (κ3) is 2.91. The number of anilines is 1. The molecule has 1 aromatic rings. The molecule has 0 spiro atoms. The molecule has 0 atom stereocenters. The first-order valence-electron chi connectivity index (χ1n) is 6.00. The summed E-state index contributed by atoms with van der Waals surface area (Å²) in [6, 6.07) is 5.11. The zero-order valence-electron chi connectivity index (χ0n) is 9.71. The number of nitrogens with one attached hydrogen (secondary N) is 1. The molecule has 1 fully saturated rings. The third-order valence-electron chi connectivity index (χ3n) is 3.34. The standard InChI is InChI=1S/C13H17ClN2O/c14-10-5-2-6-11(15)12(10)13(17)16-8-7-9-3-1-4-9/h2,5-6,9H,1,3-4,7-8,15H2,(H,16,17). The second-order valence-corrected chi connectivity index (χ2v) is 4.95. The van der Waals surface area contributed by atoms with Gasteiger partial charge in [0, 0.05) is 12.2 Å². The number of nitrogen functional groups attached to an aromatic ring is 1. The lowest BCUT2D eigenvalue weighted by Crippen LogP contribution is -2.28. The predicted octanol–water partition coefficient (Wildman–Crippen LogP) is 2.84. The van der Waals surface area contributed by atoms with Gasteiger partial charge in [0.1, 0.15) is 0 Å². The van der Waals surface area contributed by atoms with Crippen LogP contribution in [0.3, 0.4) is 0 Å². The first-order chi connectivity index (χ1) is 8.18. The second-order valence-electron chi connectivity index (χ2n) is 4.55. The highest BCUT2D eigenvalue weighted by molar-refractivity contribution is 6.34. The van der Waals surface area contributed by atoms with Gasteiger partial charge in [-0.05, 0) is 24.5 Å². The Balaban J connectivity index is 1.90.